The molecule has 3 heteroatoms. The van der Waals surface area contributed by atoms with E-state index in [1.54, 1.807) is 0 Å². The Labute approximate surface area is 123 Å². The lowest BCUT2D eigenvalue weighted by molar-refractivity contribution is 0.139. The molecule has 1 aromatic carbocycles. The molecule has 1 aromatic rings. The van der Waals surface area contributed by atoms with Crippen LogP contribution >= 0.6 is 0 Å². The summed E-state index contributed by atoms with van der Waals surface area (Å²) in [5.41, 5.74) is 10.2. The summed E-state index contributed by atoms with van der Waals surface area (Å²) in [4.78, 5) is 4.97. The molecule has 2 N–H and O–H groups in total. The van der Waals surface area contributed by atoms with Crippen molar-refractivity contribution >= 4 is 5.69 Å². The van der Waals surface area contributed by atoms with Gasteiger partial charge in [-0.15, -0.1) is 0 Å². The molecule has 1 unspecified atom stereocenters. The average molecular weight is 275 g/mol. The molecule has 0 bridgehead atoms. The molecule has 1 aliphatic rings. The van der Waals surface area contributed by atoms with Crippen molar-refractivity contribution in [2.45, 2.75) is 45.7 Å². The van der Waals surface area contributed by atoms with Gasteiger partial charge >= 0.3 is 0 Å². The Bertz CT molecular complexity index is 465. The average Bonchev–Trinajstić information content (AvgIpc) is 2.32. The molecule has 1 aliphatic heterocycles. The lowest BCUT2D eigenvalue weighted by Crippen LogP contribution is -2.57. The van der Waals surface area contributed by atoms with Crippen LogP contribution in [0.15, 0.2) is 18.2 Å². The molecular formula is C17H29N3. The molecule has 0 saturated carbocycles. The number of nitrogens with two attached hydrogens (primary N) is 1. The molecule has 20 heavy (non-hydrogen) atoms. The van der Waals surface area contributed by atoms with E-state index in [1.165, 1.54) is 16.8 Å². The number of aryl methyl sites for hydroxylation is 1. The van der Waals surface area contributed by atoms with Crippen LogP contribution in [0.5, 0.6) is 0 Å². The van der Waals surface area contributed by atoms with Gasteiger partial charge in [0.1, 0.15) is 0 Å². The summed E-state index contributed by atoms with van der Waals surface area (Å²) in [5, 5.41) is 0. The summed E-state index contributed by atoms with van der Waals surface area (Å²) in [6.45, 7) is 12.2. The zero-order chi connectivity index (χ0) is 14.9. The van der Waals surface area contributed by atoms with Crippen LogP contribution in [-0.4, -0.2) is 43.2 Å². The zero-order valence-corrected chi connectivity index (χ0v) is 13.6. The highest BCUT2D eigenvalue weighted by Crippen LogP contribution is 2.27. The van der Waals surface area contributed by atoms with Gasteiger partial charge in [0.15, 0.2) is 0 Å². The fourth-order valence-electron chi connectivity index (χ4n) is 3.02. The SMILES string of the molecule is Cc1cc(CC(C)N)ccc1N1CCN(C)C(C)(C)C1. The molecule has 112 valence electrons. The van der Waals surface area contributed by atoms with Crippen molar-refractivity contribution in [2.75, 3.05) is 31.6 Å². The van der Waals surface area contributed by atoms with E-state index in [0.29, 0.717) is 0 Å². The number of hydrogen-bond acceptors (Lipinski definition) is 3. The summed E-state index contributed by atoms with van der Waals surface area (Å²) < 4.78 is 0. The summed E-state index contributed by atoms with van der Waals surface area (Å²) in [7, 11) is 2.22. The van der Waals surface area contributed by atoms with Crippen molar-refractivity contribution < 1.29 is 0 Å². The van der Waals surface area contributed by atoms with Gasteiger partial charge in [-0.1, -0.05) is 12.1 Å². The normalized spacial score (nSPS) is 21.0. The first-order valence-electron chi connectivity index (χ1n) is 7.61. The van der Waals surface area contributed by atoms with Gasteiger partial charge in [0.05, 0.1) is 0 Å². The fraction of sp³-hybridized carbons (Fsp3) is 0.647. The highest BCUT2D eigenvalue weighted by Gasteiger charge is 2.31. The van der Waals surface area contributed by atoms with Crippen molar-refractivity contribution in [2.24, 2.45) is 5.73 Å². The highest BCUT2D eigenvalue weighted by molar-refractivity contribution is 5.55. The third-order valence-electron chi connectivity index (χ3n) is 4.48. The third kappa shape index (κ3) is 3.33. The molecule has 0 spiro atoms. The van der Waals surface area contributed by atoms with E-state index in [2.05, 4.69) is 62.7 Å². The van der Waals surface area contributed by atoms with Gasteiger partial charge in [-0.25, -0.2) is 0 Å². The largest absolute Gasteiger partial charge is 0.368 e. The molecule has 1 fully saturated rings. The molecule has 0 aliphatic carbocycles. The van der Waals surface area contributed by atoms with E-state index in [4.69, 9.17) is 5.73 Å². The van der Waals surface area contributed by atoms with Crippen molar-refractivity contribution in [3.8, 4) is 0 Å². The first kappa shape index (κ1) is 15.3. The summed E-state index contributed by atoms with van der Waals surface area (Å²) in [6, 6.07) is 7.03. The Balaban J connectivity index is 2.17. The smallest absolute Gasteiger partial charge is 0.0397 e. The standard InChI is InChI=1S/C17H29N3/c1-13-10-15(11-14(2)18)6-7-16(13)20-9-8-19(5)17(3,4)12-20/h6-7,10,14H,8-9,11-12,18H2,1-5H3. The van der Waals surface area contributed by atoms with Gasteiger partial charge in [0.2, 0.25) is 0 Å². The number of benzene rings is 1. The van der Waals surface area contributed by atoms with Crippen LogP contribution in [0.4, 0.5) is 5.69 Å². The predicted octanol–water partition coefficient (Wildman–Crippen LogP) is 2.42. The minimum absolute atomic E-state index is 0.225. The minimum Gasteiger partial charge on any atom is -0.368 e. The molecule has 1 atom stereocenters. The second-order valence-electron chi connectivity index (χ2n) is 6.96. The van der Waals surface area contributed by atoms with Crippen LogP contribution < -0.4 is 10.6 Å². The Kier molecular flexibility index (Phi) is 4.40. The van der Waals surface area contributed by atoms with Crippen molar-refractivity contribution in [3.05, 3.63) is 29.3 Å². The number of rotatable bonds is 3. The number of nitrogens with zero attached hydrogens (tertiary/aromatic N) is 2. The minimum atomic E-state index is 0.225. The summed E-state index contributed by atoms with van der Waals surface area (Å²) >= 11 is 0. The lowest BCUT2D eigenvalue weighted by Gasteiger charge is -2.46. The maximum atomic E-state index is 5.89. The van der Waals surface area contributed by atoms with E-state index in [9.17, 15) is 0 Å². The van der Waals surface area contributed by atoms with E-state index >= 15 is 0 Å². The molecule has 0 aromatic heterocycles. The van der Waals surface area contributed by atoms with E-state index in [1.807, 2.05) is 0 Å². The Morgan fingerprint density at radius 3 is 2.55 bits per heavy atom. The van der Waals surface area contributed by atoms with Crippen LogP contribution in [0.1, 0.15) is 31.9 Å². The van der Waals surface area contributed by atoms with Gasteiger partial charge in [-0.3, -0.25) is 4.90 Å². The maximum Gasteiger partial charge on any atom is 0.0397 e. The van der Waals surface area contributed by atoms with Gasteiger partial charge in [-0.05, 0) is 58.4 Å². The quantitative estimate of drug-likeness (QED) is 0.919. The third-order valence-corrected chi connectivity index (χ3v) is 4.48. The van der Waals surface area contributed by atoms with Crippen LogP contribution in [0.2, 0.25) is 0 Å². The fourth-order valence-corrected chi connectivity index (χ4v) is 3.02. The molecular weight excluding hydrogens is 246 g/mol. The van der Waals surface area contributed by atoms with Crippen LogP contribution in [0.25, 0.3) is 0 Å². The number of hydrogen-bond donors (Lipinski definition) is 1. The monoisotopic (exact) mass is 275 g/mol. The van der Waals surface area contributed by atoms with E-state index in [-0.39, 0.29) is 11.6 Å². The molecule has 0 radical (unpaired) electrons. The van der Waals surface area contributed by atoms with Gasteiger partial charge in [0, 0.05) is 36.9 Å². The Morgan fingerprint density at radius 2 is 2.00 bits per heavy atom. The second kappa shape index (κ2) is 5.74. The number of likely N-dealkylation sites (N-methyl/N-ethyl adjacent to an activating group) is 1. The van der Waals surface area contributed by atoms with Crippen LogP contribution in [-0.2, 0) is 6.42 Å². The molecule has 2 rings (SSSR count). The van der Waals surface area contributed by atoms with Gasteiger partial charge in [-0.2, -0.15) is 0 Å². The van der Waals surface area contributed by atoms with Gasteiger partial charge in [0.25, 0.3) is 0 Å². The maximum absolute atomic E-state index is 5.89. The first-order chi connectivity index (χ1) is 9.29. The van der Waals surface area contributed by atoms with Crippen LogP contribution in [0.3, 0.4) is 0 Å². The summed E-state index contributed by atoms with van der Waals surface area (Å²) in [5.74, 6) is 0. The lowest BCUT2D eigenvalue weighted by atomic mass is 9.97. The molecule has 1 heterocycles. The molecule has 1 saturated heterocycles. The predicted molar refractivity (Wildman–Crippen MR) is 87.5 cm³/mol. The van der Waals surface area contributed by atoms with E-state index in [0.717, 1.165) is 26.1 Å². The molecule has 0 amide bonds. The summed E-state index contributed by atoms with van der Waals surface area (Å²) in [6.07, 6.45) is 0.954. The number of piperazine rings is 1. The Morgan fingerprint density at radius 1 is 1.30 bits per heavy atom. The van der Waals surface area contributed by atoms with Crippen LogP contribution in [0, 0.1) is 6.92 Å². The van der Waals surface area contributed by atoms with Gasteiger partial charge < -0.3 is 10.6 Å². The zero-order valence-electron chi connectivity index (χ0n) is 13.6. The second-order valence-corrected chi connectivity index (χ2v) is 6.96. The topological polar surface area (TPSA) is 32.5 Å². The highest BCUT2D eigenvalue weighted by atomic mass is 15.3. The first-order valence-corrected chi connectivity index (χ1v) is 7.61. The van der Waals surface area contributed by atoms with E-state index < -0.39 is 0 Å². The van der Waals surface area contributed by atoms with Crippen molar-refractivity contribution in [3.63, 3.8) is 0 Å². The number of anilines is 1. The van der Waals surface area contributed by atoms with Crippen molar-refractivity contribution in [1.29, 1.82) is 0 Å². The molecule has 3 nitrogen and oxygen atoms in total. The van der Waals surface area contributed by atoms with Crippen molar-refractivity contribution in [1.82, 2.24) is 4.90 Å². The Hall–Kier alpha value is -1.06.